The summed E-state index contributed by atoms with van der Waals surface area (Å²) in [6.07, 6.45) is 4.96. The Hall–Kier alpha value is -3.47. The molecular formula is C23H28N6O4S. The van der Waals surface area contributed by atoms with Gasteiger partial charge in [-0.05, 0) is 43.9 Å². The molecule has 1 aromatic carbocycles. The highest BCUT2D eigenvalue weighted by Gasteiger charge is 2.38. The summed E-state index contributed by atoms with van der Waals surface area (Å²) in [5.74, 6) is -0.0455. The number of hydrazine groups is 1. The summed E-state index contributed by atoms with van der Waals surface area (Å²) in [4.78, 5) is 32.9. The molecule has 3 aromatic rings. The molecule has 3 atom stereocenters. The van der Waals surface area contributed by atoms with Gasteiger partial charge in [0.05, 0.1) is 11.1 Å². The molecule has 1 saturated carbocycles. The van der Waals surface area contributed by atoms with Crippen molar-refractivity contribution in [3.8, 4) is 0 Å². The van der Waals surface area contributed by atoms with Crippen molar-refractivity contribution in [3.05, 3.63) is 48.3 Å². The number of hydrogen-bond acceptors (Lipinski definition) is 7. The summed E-state index contributed by atoms with van der Waals surface area (Å²) < 4.78 is 27.1. The number of carbonyl (C=O) groups is 2. The molecule has 0 radical (unpaired) electrons. The van der Waals surface area contributed by atoms with Crippen molar-refractivity contribution in [2.75, 3.05) is 5.43 Å². The number of nitrogens with one attached hydrogen (secondary N) is 3. The maximum Gasteiger partial charge on any atom is 0.269 e. The highest BCUT2D eigenvalue weighted by atomic mass is 32.2. The molecule has 11 heteroatoms. The van der Waals surface area contributed by atoms with Gasteiger partial charge in [0.2, 0.25) is 11.8 Å². The van der Waals surface area contributed by atoms with Crippen LogP contribution in [0.2, 0.25) is 0 Å². The van der Waals surface area contributed by atoms with Crippen molar-refractivity contribution in [1.29, 1.82) is 0 Å². The Morgan fingerprint density at radius 2 is 1.88 bits per heavy atom. The molecular weight excluding hydrogens is 456 g/mol. The first-order valence-electron chi connectivity index (χ1n) is 11.2. The predicted molar refractivity (Wildman–Crippen MR) is 127 cm³/mol. The zero-order valence-corrected chi connectivity index (χ0v) is 20.1. The molecule has 0 saturated heterocycles. The Balaban J connectivity index is 1.46. The number of carbonyl (C=O) groups excluding carboxylic acids is 2. The van der Waals surface area contributed by atoms with E-state index in [9.17, 15) is 18.0 Å². The molecule has 180 valence electrons. The lowest BCUT2D eigenvalue weighted by molar-refractivity contribution is -0.126. The molecule has 1 aliphatic rings. The number of hydrogen-bond donors (Lipinski definition) is 3. The van der Waals surface area contributed by atoms with Crippen LogP contribution in [-0.2, 0) is 19.6 Å². The Kier molecular flexibility index (Phi) is 6.56. The molecule has 0 bridgehead atoms. The van der Waals surface area contributed by atoms with Crippen LogP contribution in [0.1, 0.15) is 38.7 Å². The molecule has 2 amide bonds. The second-order valence-corrected chi connectivity index (χ2v) is 10.5. The molecule has 4 rings (SSSR count). The number of aromatic nitrogens is 3. The summed E-state index contributed by atoms with van der Waals surface area (Å²) >= 11 is 0. The van der Waals surface area contributed by atoms with Gasteiger partial charge in [-0.25, -0.2) is 22.4 Å². The van der Waals surface area contributed by atoms with Crippen LogP contribution in [0, 0.1) is 18.8 Å². The van der Waals surface area contributed by atoms with Crippen molar-refractivity contribution >= 4 is 38.8 Å². The van der Waals surface area contributed by atoms with E-state index in [1.807, 2.05) is 13.8 Å². The quantitative estimate of drug-likeness (QED) is 0.438. The Morgan fingerprint density at radius 3 is 2.56 bits per heavy atom. The standard InChI is InChI=1S/C23H28N6O4S/c1-4-16-11-17(25-15(3)30)12-19(16)23(31)28-27-21-13-24-22-20(26-21)9-10-29(22)34(32,33)18-7-5-14(2)6-8-18/h5-10,13,16-17,19H,4,11-12H2,1-3H3,(H,25,30)(H,26,27)(H,28,31)/t16-,17?,19+/m1/s1. The number of aryl methyl sites for hydroxylation is 1. The third-order valence-electron chi connectivity index (χ3n) is 6.21. The van der Waals surface area contributed by atoms with Crippen LogP contribution in [0.5, 0.6) is 0 Å². The van der Waals surface area contributed by atoms with E-state index in [-0.39, 0.29) is 46.1 Å². The van der Waals surface area contributed by atoms with E-state index < -0.39 is 10.0 Å². The van der Waals surface area contributed by atoms with E-state index in [1.54, 1.807) is 30.3 Å². The van der Waals surface area contributed by atoms with E-state index >= 15 is 0 Å². The zero-order valence-electron chi connectivity index (χ0n) is 19.3. The minimum atomic E-state index is -3.82. The number of fused-ring (bicyclic) bond motifs is 1. The molecule has 2 aromatic heterocycles. The number of nitrogens with zero attached hydrogens (tertiary/aromatic N) is 3. The maximum atomic E-state index is 13.0. The van der Waals surface area contributed by atoms with Crippen LogP contribution < -0.4 is 16.2 Å². The first-order valence-corrected chi connectivity index (χ1v) is 12.6. The second kappa shape index (κ2) is 9.41. The van der Waals surface area contributed by atoms with Crippen LogP contribution in [0.15, 0.2) is 47.6 Å². The highest BCUT2D eigenvalue weighted by molar-refractivity contribution is 7.90. The summed E-state index contributed by atoms with van der Waals surface area (Å²) in [6, 6.07) is 8.13. The van der Waals surface area contributed by atoms with Gasteiger partial charge in [0.1, 0.15) is 5.52 Å². The molecule has 0 spiro atoms. The van der Waals surface area contributed by atoms with Crippen LogP contribution in [0.3, 0.4) is 0 Å². The lowest BCUT2D eigenvalue weighted by atomic mass is 9.93. The van der Waals surface area contributed by atoms with Crippen molar-refractivity contribution in [1.82, 2.24) is 24.7 Å². The Bertz CT molecular complexity index is 1320. The van der Waals surface area contributed by atoms with E-state index in [2.05, 4.69) is 26.1 Å². The molecule has 1 fully saturated rings. The highest BCUT2D eigenvalue weighted by Crippen LogP contribution is 2.34. The summed E-state index contributed by atoms with van der Waals surface area (Å²) in [6.45, 7) is 5.39. The monoisotopic (exact) mass is 484 g/mol. The molecule has 1 aliphatic carbocycles. The van der Waals surface area contributed by atoms with Gasteiger partial charge in [-0.1, -0.05) is 31.0 Å². The fraction of sp³-hybridized carbons (Fsp3) is 0.391. The number of anilines is 1. The molecule has 0 aliphatic heterocycles. The van der Waals surface area contributed by atoms with Crippen LogP contribution >= 0.6 is 0 Å². The van der Waals surface area contributed by atoms with Crippen molar-refractivity contribution in [3.63, 3.8) is 0 Å². The summed E-state index contributed by atoms with van der Waals surface area (Å²) in [5, 5.41) is 2.90. The SMILES string of the molecule is CC[C@@H]1CC(NC(C)=O)C[C@@H]1C(=O)NNc1cnc2c(ccn2S(=O)(=O)c2ccc(C)cc2)n1. The number of amides is 2. The first-order chi connectivity index (χ1) is 16.2. The Labute approximate surface area is 198 Å². The van der Waals surface area contributed by atoms with Gasteiger partial charge in [0, 0.05) is 25.1 Å². The normalized spacial score (nSPS) is 20.3. The van der Waals surface area contributed by atoms with Gasteiger partial charge in [-0.3, -0.25) is 20.4 Å². The average Bonchev–Trinajstić information content (AvgIpc) is 3.41. The van der Waals surface area contributed by atoms with Crippen LogP contribution in [0.4, 0.5) is 5.82 Å². The van der Waals surface area contributed by atoms with E-state index in [0.717, 1.165) is 22.4 Å². The van der Waals surface area contributed by atoms with Gasteiger partial charge in [-0.15, -0.1) is 0 Å². The van der Waals surface area contributed by atoms with Crippen molar-refractivity contribution in [2.45, 2.75) is 51.0 Å². The zero-order chi connectivity index (χ0) is 24.5. The lowest BCUT2D eigenvalue weighted by Gasteiger charge is -2.17. The van der Waals surface area contributed by atoms with E-state index in [4.69, 9.17) is 0 Å². The third kappa shape index (κ3) is 4.74. The van der Waals surface area contributed by atoms with Crippen LogP contribution in [0.25, 0.3) is 11.2 Å². The van der Waals surface area contributed by atoms with Gasteiger partial charge in [0.25, 0.3) is 10.0 Å². The predicted octanol–water partition coefficient (Wildman–Crippen LogP) is 2.36. The fourth-order valence-corrected chi connectivity index (χ4v) is 5.78. The maximum absolute atomic E-state index is 13.0. The lowest BCUT2D eigenvalue weighted by Crippen LogP contribution is -2.37. The average molecular weight is 485 g/mol. The van der Waals surface area contributed by atoms with Crippen molar-refractivity contribution < 1.29 is 18.0 Å². The van der Waals surface area contributed by atoms with Crippen LogP contribution in [-0.4, -0.2) is 40.2 Å². The van der Waals surface area contributed by atoms with E-state index in [1.165, 1.54) is 19.3 Å². The smallest absolute Gasteiger partial charge is 0.269 e. The van der Waals surface area contributed by atoms with Gasteiger partial charge >= 0.3 is 0 Å². The number of benzene rings is 1. The molecule has 3 N–H and O–H groups in total. The fourth-order valence-electron chi connectivity index (χ4n) is 4.49. The third-order valence-corrected chi connectivity index (χ3v) is 7.89. The largest absolute Gasteiger partial charge is 0.354 e. The topological polar surface area (TPSA) is 135 Å². The van der Waals surface area contributed by atoms with Gasteiger partial charge in [0.15, 0.2) is 11.5 Å². The molecule has 10 nitrogen and oxygen atoms in total. The first kappa shape index (κ1) is 23.7. The number of rotatable bonds is 7. The molecule has 2 heterocycles. The van der Waals surface area contributed by atoms with Gasteiger partial charge < -0.3 is 5.32 Å². The second-order valence-electron chi connectivity index (χ2n) is 8.65. The Morgan fingerprint density at radius 1 is 1.15 bits per heavy atom. The summed E-state index contributed by atoms with van der Waals surface area (Å²) in [5.41, 5.74) is 6.98. The van der Waals surface area contributed by atoms with E-state index in [0.29, 0.717) is 11.9 Å². The summed E-state index contributed by atoms with van der Waals surface area (Å²) in [7, 11) is -3.82. The minimum absolute atomic E-state index is 0.00964. The van der Waals surface area contributed by atoms with Crippen molar-refractivity contribution in [2.24, 2.45) is 11.8 Å². The van der Waals surface area contributed by atoms with Gasteiger partial charge in [-0.2, -0.15) is 0 Å². The molecule has 1 unspecified atom stereocenters. The molecule has 34 heavy (non-hydrogen) atoms. The minimum Gasteiger partial charge on any atom is -0.354 e.